The maximum atomic E-state index is 12.5. The van der Waals surface area contributed by atoms with Crippen LogP contribution < -0.4 is 17.0 Å². The molecule has 4 N–H and O–H groups in total. The Morgan fingerprint density at radius 2 is 1.97 bits per heavy atom. The molecule has 0 radical (unpaired) electrons. The number of nitrogens with one attached hydrogen (secondary N) is 1. The first-order valence-electron chi connectivity index (χ1n) is 10.9. The lowest BCUT2D eigenvalue weighted by atomic mass is 10.0. The minimum absolute atomic E-state index is 0.235. The van der Waals surface area contributed by atoms with Gasteiger partial charge in [0.05, 0.1) is 7.11 Å². The number of hydrogen-bond acceptors (Lipinski definition) is 12. The van der Waals surface area contributed by atoms with Gasteiger partial charge in [-0.2, -0.15) is 0 Å². The normalized spacial score (nSPS) is 33.8. The molecule has 15 heteroatoms. The van der Waals surface area contributed by atoms with Gasteiger partial charge in [-0.3, -0.25) is 19.1 Å². The molecule has 4 rings (SSSR count). The summed E-state index contributed by atoms with van der Waals surface area (Å²) in [6.07, 6.45) is -7.56. The molecule has 2 fully saturated rings. The molecule has 8 atom stereocenters. The van der Waals surface area contributed by atoms with Gasteiger partial charge in [0, 0.05) is 19.4 Å². The summed E-state index contributed by atoms with van der Waals surface area (Å²) in [5.74, 6) is -3.14. The van der Waals surface area contributed by atoms with E-state index in [-0.39, 0.29) is 5.76 Å². The standard InChI is InChI=1S/C21H27N3O12/c1-21(2)35-8-7-9(18(28)31-4)32-19(12(8)36-21)34-15(16(22)27)14-13(30-3)11(26)17(33-14)24-6-5-10(25)23-20(24)29/h5-8,11-15,17,19,26H,1-4H3,(H2,22,27)(H,23,25,29). The summed E-state index contributed by atoms with van der Waals surface area (Å²) < 4.78 is 39.9. The number of hydrogen-bond donors (Lipinski definition) is 3. The van der Waals surface area contributed by atoms with E-state index in [0.717, 1.165) is 23.9 Å². The number of aromatic amines is 1. The highest BCUT2D eigenvalue weighted by atomic mass is 16.8. The van der Waals surface area contributed by atoms with Crippen molar-refractivity contribution in [1.29, 1.82) is 0 Å². The monoisotopic (exact) mass is 513 g/mol. The van der Waals surface area contributed by atoms with Crippen molar-refractivity contribution in [2.75, 3.05) is 14.2 Å². The first kappa shape index (κ1) is 26.0. The number of esters is 1. The average Bonchev–Trinajstić information content (AvgIpc) is 3.30. The van der Waals surface area contributed by atoms with Crippen molar-refractivity contribution in [3.05, 3.63) is 44.9 Å². The van der Waals surface area contributed by atoms with Gasteiger partial charge in [0.1, 0.15) is 24.4 Å². The molecule has 2 saturated heterocycles. The van der Waals surface area contributed by atoms with Crippen LogP contribution in [0.1, 0.15) is 20.1 Å². The topological polar surface area (TPSA) is 200 Å². The maximum absolute atomic E-state index is 12.5. The number of aromatic nitrogens is 2. The van der Waals surface area contributed by atoms with E-state index < -0.39 is 78.1 Å². The van der Waals surface area contributed by atoms with Crippen molar-refractivity contribution in [3.63, 3.8) is 0 Å². The molecule has 15 nitrogen and oxygen atoms in total. The zero-order valence-electron chi connectivity index (χ0n) is 19.8. The van der Waals surface area contributed by atoms with Crippen LogP contribution in [0, 0.1) is 0 Å². The molecule has 0 bridgehead atoms. The highest BCUT2D eigenvalue weighted by Crippen LogP contribution is 2.38. The predicted octanol–water partition coefficient (Wildman–Crippen LogP) is -2.39. The highest BCUT2D eigenvalue weighted by Gasteiger charge is 2.55. The van der Waals surface area contributed by atoms with Crippen LogP contribution in [0.2, 0.25) is 0 Å². The van der Waals surface area contributed by atoms with Crippen LogP contribution in [0.5, 0.6) is 0 Å². The molecule has 0 saturated carbocycles. The van der Waals surface area contributed by atoms with E-state index >= 15 is 0 Å². The van der Waals surface area contributed by atoms with E-state index in [4.69, 9.17) is 38.9 Å². The Hall–Kier alpha value is -3.08. The van der Waals surface area contributed by atoms with E-state index in [1.54, 1.807) is 13.8 Å². The third kappa shape index (κ3) is 4.80. The zero-order chi connectivity index (χ0) is 26.4. The van der Waals surface area contributed by atoms with E-state index in [9.17, 15) is 24.3 Å². The van der Waals surface area contributed by atoms with Crippen molar-refractivity contribution < 1.29 is 47.9 Å². The van der Waals surface area contributed by atoms with Crippen LogP contribution >= 0.6 is 0 Å². The van der Waals surface area contributed by atoms with Crippen molar-refractivity contribution >= 4 is 11.9 Å². The molecule has 0 aliphatic carbocycles. The zero-order valence-corrected chi connectivity index (χ0v) is 19.8. The number of nitrogens with two attached hydrogens (primary N) is 1. The predicted molar refractivity (Wildman–Crippen MR) is 115 cm³/mol. The first-order valence-corrected chi connectivity index (χ1v) is 10.9. The fourth-order valence-electron chi connectivity index (χ4n) is 4.36. The van der Waals surface area contributed by atoms with Gasteiger partial charge in [0.15, 0.2) is 24.2 Å². The Morgan fingerprint density at radius 1 is 1.25 bits per heavy atom. The second kappa shape index (κ2) is 9.76. The highest BCUT2D eigenvalue weighted by molar-refractivity contribution is 5.86. The number of rotatable bonds is 7. The van der Waals surface area contributed by atoms with Crippen LogP contribution in [0.4, 0.5) is 0 Å². The second-order valence-electron chi connectivity index (χ2n) is 8.73. The lowest BCUT2D eigenvalue weighted by Crippen LogP contribution is -2.53. The molecule has 1 aromatic heterocycles. The number of carbonyl (C=O) groups is 2. The number of H-pyrrole nitrogens is 1. The summed E-state index contributed by atoms with van der Waals surface area (Å²) in [5, 5.41) is 10.8. The number of primary amides is 1. The fraction of sp³-hybridized carbons (Fsp3) is 0.619. The van der Waals surface area contributed by atoms with Gasteiger partial charge in [-0.15, -0.1) is 0 Å². The molecule has 198 valence electrons. The molecule has 3 aliphatic rings. The van der Waals surface area contributed by atoms with Crippen LogP contribution in [-0.4, -0.2) is 89.5 Å². The number of aliphatic hydroxyl groups is 1. The van der Waals surface area contributed by atoms with E-state index in [1.165, 1.54) is 13.2 Å². The third-order valence-corrected chi connectivity index (χ3v) is 5.88. The van der Waals surface area contributed by atoms with Gasteiger partial charge in [-0.25, -0.2) is 9.59 Å². The van der Waals surface area contributed by atoms with E-state index in [2.05, 4.69) is 4.98 Å². The minimum atomic E-state index is -1.61. The average molecular weight is 513 g/mol. The summed E-state index contributed by atoms with van der Waals surface area (Å²) in [5.41, 5.74) is 4.10. The minimum Gasteiger partial charge on any atom is -0.463 e. The summed E-state index contributed by atoms with van der Waals surface area (Å²) >= 11 is 0. The largest absolute Gasteiger partial charge is 0.463 e. The number of nitrogens with zero attached hydrogens (tertiary/aromatic N) is 1. The summed E-state index contributed by atoms with van der Waals surface area (Å²) in [6.45, 7) is 3.28. The second-order valence-corrected chi connectivity index (χ2v) is 8.73. The number of fused-ring (bicyclic) bond motifs is 1. The van der Waals surface area contributed by atoms with Crippen LogP contribution in [-0.2, 0) is 42.7 Å². The molecule has 0 aromatic carbocycles. The Bertz CT molecular complexity index is 1160. The molecular formula is C21H27N3O12. The van der Waals surface area contributed by atoms with E-state index in [1.807, 2.05) is 0 Å². The molecule has 4 heterocycles. The third-order valence-electron chi connectivity index (χ3n) is 5.88. The Kier molecular flexibility index (Phi) is 7.05. The van der Waals surface area contributed by atoms with Gasteiger partial charge in [-0.05, 0) is 19.9 Å². The first-order chi connectivity index (χ1) is 17.0. The lowest BCUT2D eigenvalue weighted by Gasteiger charge is -2.34. The van der Waals surface area contributed by atoms with Gasteiger partial charge in [0.2, 0.25) is 18.0 Å². The van der Waals surface area contributed by atoms with Gasteiger partial charge >= 0.3 is 11.7 Å². The number of ether oxygens (including phenoxy) is 7. The number of carbonyl (C=O) groups excluding carboxylic acids is 2. The smallest absolute Gasteiger partial charge is 0.373 e. The molecule has 3 aliphatic heterocycles. The van der Waals surface area contributed by atoms with Crippen LogP contribution in [0.15, 0.2) is 33.7 Å². The van der Waals surface area contributed by atoms with Crippen molar-refractivity contribution in [2.24, 2.45) is 5.73 Å². The molecular weight excluding hydrogens is 486 g/mol. The van der Waals surface area contributed by atoms with Gasteiger partial charge in [-0.1, -0.05) is 0 Å². The molecule has 8 unspecified atom stereocenters. The summed E-state index contributed by atoms with van der Waals surface area (Å²) in [4.78, 5) is 50.4. The van der Waals surface area contributed by atoms with Gasteiger partial charge in [0.25, 0.3) is 5.56 Å². The Morgan fingerprint density at radius 3 is 2.58 bits per heavy atom. The number of aliphatic hydroxyl groups excluding tert-OH is 1. The molecule has 36 heavy (non-hydrogen) atoms. The quantitative estimate of drug-likeness (QED) is 0.327. The van der Waals surface area contributed by atoms with Crippen LogP contribution in [0.3, 0.4) is 0 Å². The summed E-state index contributed by atoms with van der Waals surface area (Å²) in [6, 6.07) is 1.06. The molecule has 1 amide bonds. The van der Waals surface area contributed by atoms with E-state index in [0.29, 0.717) is 0 Å². The number of methoxy groups -OCH3 is 2. The van der Waals surface area contributed by atoms with Gasteiger partial charge < -0.3 is 44.0 Å². The molecule has 1 aromatic rings. The lowest BCUT2D eigenvalue weighted by molar-refractivity contribution is -0.242. The summed E-state index contributed by atoms with van der Waals surface area (Å²) in [7, 11) is 2.41. The fourth-order valence-corrected chi connectivity index (χ4v) is 4.36. The molecule has 0 spiro atoms. The Labute approximate surface area is 203 Å². The van der Waals surface area contributed by atoms with Crippen molar-refractivity contribution in [3.8, 4) is 0 Å². The van der Waals surface area contributed by atoms with Crippen molar-refractivity contribution in [2.45, 2.75) is 68.8 Å². The van der Waals surface area contributed by atoms with Crippen LogP contribution in [0.25, 0.3) is 0 Å². The maximum Gasteiger partial charge on any atom is 0.373 e. The number of amides is 1. The Balaban J connectivity index is 1.63. The van der Waals surface area contributed by atoms with Crippen molar-refractivity contribution in [1.82, 2.24) is 9.55 Å². The SMILES string of the molecule is COC(=O)C1=CC2OC(C)(C)OC2C(OC(C(N)=O)C2OC(n3ccc(=O)[nH]c3=O)C(O)C2OC)O1.